The van der Waals surface area contributed by atoms with Gasteiger partial charge in [0.25, 0.3) is 0 Å². The maximum Gasteiger partial charge on any atom is 0.242 e. The Hall–Kier alpha value is -2.20. The molecule has 0 amide bonds. The number of benzene rings is 1. The predicted octanol–water partition coefficient (Wildman–Crippen LogP) is 0.904. The van der Waals surface area contributed by atoms with Crippen LogP contribution in [0.4, 0.5) is 0 Å². The minimum atomic E-state index is -3.58. The van der Waals surface area contributed by atoms with Gasteiger partial charge in [0.05, 0.1) is 0 Å². The van der Waals surface area contributed by atoms with E-state index in [4.69, 9.17) is 5.11 Å². The number of sulfonamides is 1. The number of hydrogen-bond acceptors (Lipinski definition) is 4. The number of rotatable bonds is 4. The van der Waals surface area contributed by atoms with E-state index in [0.29, 0.717) is 0 Å². The molecule has 2 rings (SSSR count). The maximum atomic E-state index is 12.1. The van der Waals surface area contributed by atoms with Gasteiger partial charge in [0.1, 0.15) is 11.5 Å². The maximum absolute atomic E-state index is 12.1. The summed E-state index contributed by atoms with van der Waals surface area (Å²) >= 11 is 0. The largest absolute Gasteiger partial charge is 0.384 e. The average molecular weight is 302 g/mol. The fraction of sp³-hybridized carbons (Fsp3) is 0.133. The Bertz CT molecular complexity index is 762. The molecule has 0 bridgehead atoms. The second-order valence-electron chi connectivity index (χ2n) is 4.17. The fourth-order valence-corrected chi connectivity index (χ4v) is 2.65. The van der Waals surface area contributed by atoms with Gasteiger partial charge in [0.2, 0.25) is 10.0 Å². The fourth-order valence-electron chi connectivity index (χ4n) is 1.67. The van der Waals surface area contributed by atoms with Crippen molar-refractivity contribution in [1.82, 2.24) is 9.71 Å². The zero-order chi connectivity index (χ0) is 15.1. The van der Waals surface area contributed by atoms with Crippen LogP contribution in [0.3, 0.4) is 0 Å². The van der Waals surface area contributed by atoms with Crippen LogP contribution in [-0.4, -0.2) is 25.1 Å². The summed E-state index contributed by atoms with van der Waals surface area (Å²) in [6.07, 6.45) is 2.81. The molecule has 0 aliphatic rings. The highest BCUT2D eigenvalue weighted by Crippen LogP contribution is 2.08. The van der Waals surface area contributed by atoms with Gasteiger partial charge in [-0.3, -0.25) is 4.98 Å². The number of aliphatic hydroxyl groups is 1. The van der Waals surface area contributed by atoms with E-state index < -0.39 is 10.0 Å². The number of aliphatic hydroxyl groups excluding tert-OH is 1. The van der Waals surface area contributed by atoms with E-state index in [2.05, 4.69) is 21.5 Å². The Morgan fingerprint density at radius 1 is 1.24 bits per heavy atom. The van der Waals surface area contributed by atoms with Crippen molar-refractivity contribution in [3.63, 3.8) is 0 Å². The zero-order valence-electron chi connectivity index (χ0n) is 11.2. The second kappa shape index (κ2) is 6.99. The SMILES string of the molecule is O=S(=O)(NCc1cccc(C#CCO)c1)c1cccnc1. The smallest absolute Gasteiger partial charge is 0.242 e. The molecule has 0 spiro atoms. The molecule has 2 aromatic rings. The van der Waals surface area contributed by atoms with E-state index in [9.17, 15) is 8.42 Å². The molecule has 1 heterocycles. The summed E-state index contributed by atoms with van der Waals surface area (Å²) < 4.78 is 26.6. The first-order valence-electron chi connectivity index (χ1n) is 6.20. The van der Waals surface area contributed by atoms with Crippen LogP contribution in [0.1, 0.15) is 11.1 Å². The van der Waals surface area contributed by atoms with Gasteiger partial charge >= 0.3 is 0 Å². The molecule has 5 nitrogen and oxygen atoms in total. The molecule has 0 radical (unpaired) electrons. The summed E-state index contributed by atoms with van der Waals surface area (Å²) in [6, 6.07) is 10.2. The third-order valence-corrected chi connectivity index (χ3v) is 4.04. The Labute approximate surface area is 123 Å². The number of nitrogens with one attached hydrogen (secondary N) is 1. The van der Waals surface area contributed by atoms with Crippen LogP contribution in [-0.2, 0) is 16.6 Å². The average Bonchev–Trinajstić information content (AvgIpc) is 2.52. The lowest BCUT2D eigenvalue weighted by Gasteiger charge is -2.06. The number of pyridine rings is 1. The lowest BCUT2D eigenvalue weighted by atomic mass is 10.1. The monoisotopic (exact) mass is 302 g/mol. The van der Waals surface area contributed by atoms with Crippen LogP contribution < -0.4 is 4.72 Å². The summed E-state index contributed by atoms with van der Waals surface area (Å²) in [7, 11) is -3.58. The molecule has 0 unspecified atom stereocenters. The Balaban J connectivity index is 2.10. The summed E-state index contributed by atoms with van der Waals surface area (Å²) in [5, 5.41) is 8.66. The molecule has 2 N–H and O–H groups in total. The summed E-state index contributed by atoms with van der Waals surface area (Å²) in [5.74, 6) is 5.32. The van der Waals surface area contributed by atoms with E-state index in [1.54, 1.807) is 30.3 Å². The topological polar surface area (TPSA) is 79.3 Å². The first-order chi connectivity index (χ1) is 10.1. The third kappa shape index (κ3) is 4.39. The van der Waals surface area contributed by atoms with Crippen molar-refractivity contribution < 1.29 is 13.5 Å². The highest BCUT2D eigenvalue weighted by Gasteiger charge is 2.13. The molecule has 0 aliphatic heterocycles. The van der Waals surface area contributed by atoms with Crippen molar-refractivity contribution in [3.05, 3.63) is 59.9 Å². The highest BCUT2D eigenvalue weighted by atomic mass is 32.2. The van der Waals surface area contributed by atoms with Crippen molar-refractivity contribution in [2.24, 2.45) is 0 Å². The van der Waals surface area contributed by atoms with Crippen molar-refractivity contribution in [3.8, 4) is 11.8 Å². The molecule has 1 aromatic heterocycles. The van der Waals surface area contributed by atoms with E-state index in [1.165, 1.54) is 18.5 Å². The van der Waals surface area contributed by atoms with Gasteiger partial charge in [-0.2, -0.15) is 0 Å². The Kier molecular flexibility index (Phi) is 5.06. The van der Waals surface area contributed by atoms with E-state index in [1.807, 2.05) is 0 Å². The van der Waals surface area contributed by atoms with Gasteiger partial charge in [0.15, 0.2) is 0 Å². The molecule has 6 heteroatoms. The Morgan fingerprint density at radius 3 is 2.81 bits per heavy atom. The minimum absolute atomic E-state index is 0.126. The van der Waals surface area contributed by atoms with Gasteiger partial charge in [-0.1, -0.05) is 24.0 Å². The van der Waals surface area contributed by atoms with Gasteiger partial charge in [0, 0.05) is 24.5 Å². The molecule has 0 saturated carbocycles. The van der Waals surface area contributed by atoms with Crippen LogP contribution in [0, 0.1) is 11.8 Å². The molecule has 0 fully saturated rings. The predicted molar refractivity (Wildman–Crippen MR) is 78.7 cm³/mol. The first-order valence-corrected chi connectivity index (χ1v) is 7.68. The van der Waals surface area contributed by atoms with Gasteiger partial charge in [-0.15, -0.1) is 0 Å². The van der Waals surface area contributed by atoms with Gasteiger partial charge < -0.3 is 5.11 Å². The molecule has 0 aliphatic carbocycles. The normalized spacial score (nSPS) is 10.7. The number of hydrogen-bond donors (Lipinski definition) is 2. The lowest BCUT2D eigenvalue weighted by Crippen LogP contribution is -2.23. The van der Waals surface area contributed by atoms with E-state index in [-0.39, 0.29) is 18.0 Å². The lowest BCUT2D eigenvalue weighted by molar-refractivity contribution is 0.350. The number of nitrogens with zero attached hydrogens (tertiary/aromatic N) is 1. The molecular formula is C15H14N2O3S. The molecular weight excluding hydrogens is 288 g/mol. The minimum Gasteiger partial charge on any atom is -0.384 e. The van der Waals surface area contributed by atoms with Gasteiger partial charge in [-0.25, -0.2) is 13.1 Å². The first kappa shape index (κ1) is 15.2. The standard InChI is InChI=1S/C15H14N2O3S/c18-9-3-6-13-4-1-5-14(10-13)11-17-21(19,20)15-7-2-8-16-12-15/h1-2,4-5,7-8,10,12,17-18H,9,11H2. The van der Waals surface area contributed by atoms with Crippen LogP contribution in [0.15, 0.2) is 53.7 Å². The summed E-state index contributed by atoms with van der Waals surface area (Å²) in [5.41, 5.74) is 1.51. The Morgan fingerprint density at radius 2 is 2.10 bits per heavy atom. The van der Waals surface area contributed by atoms with Gasteiger partial charge in [-0.05, 0) is 29.8 Å². The molecule has 108 valence electrons. The molecule has 1 aromatic carbocycles. The van der Waals surface area contributed by atoms with E-state index in [0.717, 1.165) is 11.1 Å². The van der Waals surface area contributed by atoms with Crippen LogP contribution in [0.5, 0.6) is 0 Å². The van der Waals surface area contributed by atoms with Crippen molar-refractivity contribution in [1.29, 1.82) is 0 Å². The second-order valence-corrected chi connectivity index (χ2v) is 5.94. The van der Waals surface area contributed by atoms with Crippen LogP contribution >= 0.6 is 0 Å². The zero-order valence-corrected chi connectivity index (χ0v) is 12.0. The third-order valence-electron chi connectivity index (χ3n) is 2.65. The number of aromatic nitrogens is 1. The van der Waals surface area contributed by atoms with Crippen LogP contribution in [0.25, 0.3) is 0 Å². The highest BCUT2D eigenvalue weighted by molar-refractivity contribution is 7.89. The molecule has 0 saturated heterocycles. The molecule has 21 heavy (non-hydrogen) atoms. The van der Waals surface area contributed by atoms with Crippen molar-refractivity contribution >= 4 is 10.0 Å². The molecule has 0 atom stereocenters. The van der Waals surface area contributed by atoms with Crippen molar-refractivity contribution in [2.75, 3.05) is 6.61 Å². The van der Waals surface area contributed by atoms with Crippen LogP contribution in [0.2, 0.25) is 0 Å². The quantitative estimate of drug-likeness (QED) is 0.823. The van der Waals surface area contributed by atoms with Crippen molar-refractivity contribution in [2.45, 2.75) is 11.4 Å². The van der Waals surface area contributed by atoms with E-state index >= 15 is 0 Å². The summed E-state index contributed by atoms with van der Waals surface area (Å²) in [6.45, 7) is -0.0518. The summed E-state index contributed by atoms with van der Waals surface area (Å²) in [4.78, 5) is 3.92.